The van der Waals surface area contributed by atoms with Crippen molar-refractivity contribution in [3.05, 3.63) is 0 Å². The van der Waals surface area contributed by atoms with Crippen molar-refractivity contribution in [3.63, 3.8) is 0 Å². The highest BCUT2D eigenvalue weighted by Gasteiger charge is 2.41. The lowest BCUT2D eigenvalue weighted by Crippen LogP contribution is -2.54. The largest absolute Gasteiger partial charge is 0.300 e. The molecular weight excluding hydrogens is 174 g/mol. The van der Waals surface area contributed by atoms with Crippen LogP contribution in [0.25, 0.3) is 0 Å². The molecule has 2 fully saturated rings. The molecule has 2 aliphatic heterocycles. The first-order chi connectivity index (χ1) is 6.79. The van der Waals surface area contributed by atoms with E-state index in [-0.39, 0.29) is 5.54 Å². The molecule has 3 nitrogen and oxygen atoms in total. The Morgan fingerprint density at radius 3 is 3.14 bits per heavy atom. The van der Waals surface area contributed by atoms with Gasteiger partial charge < -0.3 is 4.90 Å². The third kappa shape index (κ3) is 1.65. The monoisotopic (exact) mass is 193 g/mol. The Balaban J connectivity index is 2.04. The highest BCUT2D eigenvalue weighted by molar-refractivity contribution is 5.12. The van der Waals surface area contributed by atoms with Crippen molar-refractivity contribution in [1.29, 1.82) is 5.26 Å². The zero-order valence-corrected chi connectivity index (χ0v) is 8.92. The van der Waals surface area contributed by atoms with Gasteiger partial charge in [-0.15, -0.1) is 0 Å². The van der Waals surface area contributed by atoms with Crippen LogP contribution in [-0.4, -0.2) is 36.1 Å². The predicted octanol–water partition coefficient (Wildman–Crippen LogP) is 1.12. The predicted molar refractivity (Wildman–Crippen MR) is 55.8 cm³/mol. The Hall–Kier alpha value is -0.590. The number of hydrogen-bond donors (Lipinski definition) is 1. The minimum atomic E-state index is -0.222. The Labute approximate surface area is 86.1 Å². The summed E-state index contributed by atoms with van der Waals surface area (Å²) in [4.78, 5) is 2.55. The van der Waals surface area contributed by atoms with Gasteiger partial charge in [-0.3, -0.25) is 5.32 Å². The standard InChI is InChI=1S/C11H19N3/c1-2-13-11(9-12)5-7-14-6-3-4-10(14)8-11/h10,13H,2-8H2,1H3. The maximum atomic E-state index is 9.26. The molecule has 2 atom stereocenters. The fraction of sp³-hybridized carbons (Fsp3) is 0.909. The van der Waals surface area contributed by atoms with E-state index in [9.17, 15) is 5.26 Å². The van der Waals surface area contributed by atoms with Gasteiger partial charge in [-0.05, 0) is 38.8 Å². The first kappa shape index (κ1) is 9.95. The van der Waals surface area contributed by atoms with Crippen molar-refractivity contribution < 1.29 is 0 Å². The van der Waals surface area contributed by atoms with E-state index in [2.05, 4.69) is 23.2 Å². The van der Waals surface area contributed by atoms with Crippen LogP contribution >= 0.6 is 0 Å². The molecule has 78 valence electrons. The molecule has 0 aromatic rings. The Morgan fingerprint density at radius 1 is 1.57 bits per heavy atom. The van der Waals surface area contributed by atoms with Crippen LogP contribution in [0.3, 0.4) is 0 Å². The summed E-state index contributed by atoms with van der Waals surface area (Å²) >= 11 is 0. The van der Waals surface area contributed by atoms with E-state index in [0.29, 0.717) is 6.04 Å². The van der Waals surface area contributed by atoms with Crippen LogP contribution in [0.5, 0.6) is 0 Å². The molecule has 0 aromatic heterocycles. The normalized spacial score (nSPS) is 37.9. The summed E-state index contributed by atoms with van der Waals surface area (Å²) in [5.41, 5.74) is -0.222. The van der Waals surface area contributed by atoms with E-state index < -0.39 is 0 Å². The minimum Gasteiger partial charge on any atom is -0.300 e. The van der Waals surface area contributed by atoms with E-state index in [4.69, 9.17) is 0 Å². The van der Waals surface area contributed by atoms with Gasteiger partial charge in [0.25, 0.3) is 0 Å². The molecular formula is C11H19N3. The molecule has 1 N–H and O–H groups in total. The highest BCUT2D eigenvalue weighted by atomic mass is 15.2. The second kappa shape index (κ2) is 3.88. The number of hydrogen-bond acceptors (Lipinski definition) is 3. The van der Waals surface area contributed by atoms with Crippen LogP contribution in [0.1, 0.15) is 32.6 Å². The number of nitrogens with zero attached hydrogens (tertiary/aromatic N) is 2. The lowest BCUT2D eigenvalue weighted by molar-refractivity contribution is 0.138. The molecule has 0 bridgehead atoms. The Morgan fingerprint density at radius 2 is 2.43 bits per heavy atom. The number of fused-ring (bicyclic) bond motifs is 1. The van der Waals surface area contributed by atoms with Crippen molar-refractivity contribution in [3.8, 4) is 6.07 Å². The van der Waals surface area contributed by atoms with Crippen LogP contribution in [0.15, 0.2) is 0 Å². The summed E-state index contributed by atoms with van der Waals surface area (Å²) in [5.74, 6) is 0. The topological polar surface area (TPSA) is 39.1 Å². The Bertz CT molecular complexity index is 245. The molecule has 2 aliphatic rings. The van der Waals surface area contributed by atoms with Crippen LogP contribution in [0.4, 0.5) is 0 Å². The van der Waals surface area contributed by atoms with Gasteiger partial charge in [0.2, 0.25) is 0 Å². The lowest BCUT2D eigenvalue weighted by atomic mass is 9.84. The SMILES string of the molecule is CCNC1(C#N)CCN2CCCC2C1. The second-order valence-electron chi connectivity index (χ2n) is 4.51. The van der Waals surface area contributed by atoms with E-state index in [1.54, 1.807) is 0 Å². The summed E-state index contributed by atoms with van der Waals surface area (Å²) in [6, 6.07) is 3.16. The third-order valence-corrected chi connectivity index (χ3v) is 3.64. The van der Waals surface area contributed by atoms with Gasteiger partial charge in [0, 0.05) is 12.6 Å². The Kier molecular flexibility index (Phi) is 2.76. The number of nitriles is 1. The number of rotatable bonds is 2. The van der Waals surface area contributed by atoms with E-state index >= 15 is 0 Å². The second-order valence-corrected chi connectivity index (χ2v) is 4.51. The van der Waals surface area contributed by atoms with Crippen LogP contribution < -0.4 is 5.32 Å². The van der Waals surface area contributed by atoms with Gasteiger partial charge >= 0.3 is 0 Å². The quantitative estimate of drug-likeness (QED) is 0.714. The van der Waals surface area contributed by atoms with Gasteiger partial charge in [0.1, 0.15) is 5.54 Å². The van der Waals surface area contributed by atoms with Gasteiger partial charge in [-0.1, -0.05) is 6.92 Å². The molecule has 0 saturated carbocycles. The molecule has 3 heteroatoms. The van der Waals surface area contributed by atoms with E-state index in [1.807, 2.05) is 0 Å². The smallest absolute Gasteiger partial charge is 0.109 e. The molecule has 2 unspecified atom stereocenters. The van der Waals surface area contributed by atoms with Gasteiger partial charge in [0.05, 0.1) is 6.07 Å². The van der Waals surface area contributed by atoms with Crippen molar-refractivity contribution >= 4 is 0 Å². The van der Waals surface area contributed by atoms with Gasteiger partial charge in [0.15, 0.2) is 0 Å². The molecule has 0 aromatic carbocycles. The molecule has 0 spiro atoms. The van der Waals surface area contributed by atoms with Gasteiger partial charge in [-0.2, -0.15) is 5.26 Å². The molecule has 0 amide bonds. The molecule has 2 rings (SSSR count). The number of piperidine rings is 1. The maximum Gasteiger partial charge on any atom is 0.109 e. The molecule has 0 radical (unpaired) electrons. The third-order valence-electron chi connectivity index (χ3n) is 3.64. The van der Waals surface area contributed by atoms with Gasteiger partial charge in [-0.25, -0.2) is 0 Å². The maximum absolute atomic E-state index is 9.26. The average molecular weight is 193 g/mol. The summed E-state index contributed by atoms with van der Waals surface area (Å²) in [6.45, 7) is 5.34. The summed E-state index contributed by atoms with van der Waals surface area (Å²) in [7, 11) is 0. The summed E-state index contributed by atoms with van der Waals surface area (Å²) < 4.78 is 0. The molecule has 2 saturated heterocycles. The van der Waals surface area contributed by atoms with Crippen LogP contribution in [-0.2, 0) is 0 Å². The van der Waals surface area contributed by atoms with Crippen LogP contribution in [0, 0.1) is 11.3 Å². The van der Waals surface area contributed by atoms with Crippen molar-refractivity contribution in [2.24, 2.45) is 0 Å². The molecule has 14 heavy (non-hydrogen) atoms. The highest BCUT2D eigenvalue weighted by Crippen LogP contribution is 2.32. The van der Waals surface area contributed by atoms with E-state index in [0.717, 1.165) is 25.9 Å². The van der Waals surface area contributed by atoms with Crippen molar-refractivity contribution in [1.82, 2.24) is 10.2 Å². The summed E-state index contributed by atoms with van der Waals surface area (Å²) in [5, 5.41) is 12.6. The zero-order valence-electron chi connectivity index (χ0n) is 8.92. The zero-order chi connectivity index (χ0) is 10.0. The number of nitrogens with one attached hydrogen (secondary N) is 1. The molecule has 0 aliphatic carbocycles. The average Bonchev–Trinajstić information content (AvgIpc) is 2.65. The molecule has 2 heterocycles. The fourth-order valence-electron chi connectivity index (χ4n) is 2.90. The van der Waals surface area contributed by atoms with Crippen LogP contribution in [0.2, 0.25) is 0 Å². The van der Waals surface area contributed by atoms with E-state index in [1.165, 1.54) is 19.4 Å². The lowest BCUT2D eigenvalue weighted by Gasteiger charge is -2.40. The fourth-order valence-corrected chi connectivity index (χ4v) is 2.90. The first-order valence-electron chi connectivity index (χ1n) is 5.70. The first-order valence-corrected chi connectivity index (χ1v) is 5.70. The summed E-state index contributed by atoms with van der Waals surface area (Å²) in [6.07, 6.45) is 4.62. The van der Waals surface area contributed by atoms with Crippen molar-refractivity contribution in [2.75, 3.05) is 19.6 Å². The van der Waals surface area contributed by atoms with Crippen molar-refractivity contribution in [2.45, 2.75) is 44.2 Å². The minimum absolute atomic E-state index is 0.222.